The zero-order valence-corrected chi connectivity index (χ0v) is 49.4. The van der Waals surface area contributed by atoms with Gasteiger partial charge in [-0.1, -0.05) is 87.4 Å². The molecular formula is C72H86N2O11. The third-order valence-electron chi connectivity index (χ3n) is 29.6. The van der Waals surface area contributed by atoms with Crippen LogP contribution in [-0.4, -0.2) is 106 Å². The molecule has 8 heterocycles. The van der Waals surface area contributed by atoms with Crippen molar-refractivity contribution in [1.82, 2.24) is 10.2 Å². The molecule has 7 aliphatic heterocycles. The Bertz CT molecular complexity index is 3310. The van der Waals surface area contributed by atoms with Crippen LogP contribution >= 0.6 is 0 Å². The van der Waals surface area contributed by atoms with Crippen LogP contribution in [0.5, 0.6) is 0 Å². The standard InChI is InChI=1S/C72H86N2O11/c1-66-32-45-33-67-22-19-40-13-8-14-44-28-43-12-5-6-16-51(43)70-53(44)30-47(29-52(40)67)71(85-70)60(67)64(79)82-36-68(71)58(45)69(61(78)57(77)59(68)70,46-15-7-11-39(26-46)25-38-9-3-2-4-10-38)72(66)63(84-72)65(80)83-62(66)49-21-24-81-56(49)31-50(55(76)35-75)41-17-18-48-42(27-41)20-23-74-37-73-34-54(48)74/h2-4,9-10,20-21,23-24,30,39-46,48,50-55,58-63,73,75-76,78H,5-7,11-12,14-19,22,25-29,31-37H2,1H3/t39-,40+,41-,42+,43-,44+,45-,46+,48-,50-,51-,52+,53-,54+,55+,58+,59-,60+,61+,62-,63+,66-,67-,68+,69-,70-,71-,72+/m0/s1. The molecule has 5 saturated heterocycles. The minimum atomic E-state index is -1.50. The van der Waals surface area contributed by atoms with Gasteiger partial charge in [0.15, 0.2) is 11.9 Å². The van der Waals surface area contributed by atoms with E-state index in [0.29, 0.717) is 48.8 Å². The van der Waals surface area contributed by atoms with Gasteiger partial charge in [-0.3, -0.25) is 14.9 Å². The van der Waals surface area contributed by atoms with E-state index in [4.69, 9.17) is 23.4 Å². The van der Waals surface area contributed by atoms with Crippen molar-refractivity contribution >= 4 is 17.7 Å². The number of ether oxygens (including phenoxy) is 4. The number of nitrogens with zero attached hydrogens (tertiary/aromatic N) is 1. The summed E-state index contributed by atoms with van der Waals surface area (Å²) in [6.45, 7) is 3.81. The lowest BCUT2D eigenvalue weighted by atomic mass is 9.29. The Labute approximate surface area is 499 Å². The summed E-state index contributed by atoms with van der Waals surface area (Å²) in [5, 5.41) is 41.4. The molecule has 1 aromatic carbocycles. The fraction of sp³-hybridized carbons (Fsp3) is 0.736. The molecule has 450 valence electrons. The number of aliphatic hydroxyl groups is 3. The number of hydrogen-bond acceptors (Lipinski definition) is 13. The summed E-state index contributed by atoms with van der Waals surface area (Å²) in [6, 6.07) is 13.2. The number of cyclic esters (lactones) is 2. The quantitative estimate of drug-likeness (QED) is 0.0811. The number of Topliss-reactive ketones (excluding diaryl/α,β-unsaturated/α-hetero) is 1. The fourth-order valence-electron chi connectivity index (χ4n) is 27.4. The highest BCUT2D eigenvalue weighted by atomic mass is 16.7. The van der Waals surface area contributed by atoms with E-state index in [-0.39, 0.29) is 84.1 Å². The smallest absolute Gasteiger partial charge is 0.339 e. The highest BCUT2D eigenvalue weighted by molar-refractivity contribution is 5.94. The molecule has 9 saturated carbocycles. The summed E-state index contributed by atoms with van der Waals surface area (Å²) in [4.78, 5) is 51.9. The first kappa shape index (κ1) is 52.6. The number of fused-ring (bicyclic) bond motifs is 4. The first-order valence-electron chi connectivity index (χ1n) is 34.1. The summed E-state index contributed by atoms with van der Waals surface area (Å²) in [5.74, 6) is 7.09. The molecule has 14 fully saturated rings. The SMILES string of the molecule is C[C@@]12C[C@H]3C[C@@]45CC[C@H]6C#CC[C@@H]7C[C@@H]8CCCC[C@@H]8[C@]89O[C@@]%10(C(=C[C@@H]78)C[C@H]64)[C@@H]5C(=O)OC[C@@]%104[C@@H]9C(=O)[C@@H](O)[C@]([C@@H]5CCC[C@@H](Cc6ccccc6)C5)([C@H]34)[C@]13O[C@@H]3C(=O)O[C@H]2c1ccoc1C[C@@H]([C@H]1CC[C@H]2[C@H](C=CN3CNC[C@H]23)C1)[C@H](O)CO. The maximum atomic E-state index is 17.7. The monoisotopic (exact) mass is 1150 g/mol. The molecule has 10 aliphatic carbocycles. The van der Waals surface area contributed by atoms with E-state index in [1.54, 1.807) is 6.26 Å². The van der Waals surface area contributed by atoms with E-state index < -0.39 is 86.6 Å². The van der Waals surface area contributed by atoms with Gasteiger partial charge >= 0.3 is 11.9 Å². The molecule has 8 bridgehead atoms. The van der Waals surface area contributed by atoms with Crippen LogP contribution < -0.4 is 5.32 Å². The number of epoxide rings is 1. The number of nitrogens with one attached hydrogen (secondary N) is 1. The molecule has 2 aromatic rings. The summed E-state index contributed by atoms with van der Waals surface area (Å²) in [5.41, 5.74) is -4.13. The molecule has 1 aromatic heterocycles. The van der Waals surface area contributed by atoms with Crippen LogP contribution in [0.25, 0.3) is 0 Å². The lowest BCUT2D eigenvalue weighted by Crippen LogP contribution is -2.82. The number of hydrogen-bond donors (Lipinski definition) is 4. The molecule has 0 amide bonds. The zero-order valence-electron chi connectivity index (χ0n) is 49.4. The van der Waals surface area contributed by atoms with Crippen molar-refractivity contribution in [3.63, 3.8) is 0 Å². The number of esters is 2. The summed E-state index contributed by atoms with van der Waals surface area (Å²) >= 11 is 0. The van der Waals surface area contributed by atoms with Crippen molar-refractivity contribution in [3.05, 3.63) is 83.5 Å². The van der Waals surface area contributed by atoms with E-state index in [9.17, 15) is 15.3 Å². The Morgan fingerprint density at radius 1 is 0.894 bits per heavy atom. The van der Waals surface area contributed by atoms with Crippen LogP contribution in [0, 0.1) is 128 Å². The molecule has 13 heteroatoms. The molecule has 5 spiro atoms. The normalized spacial score (nSPS) is 53.3. The van der Waals surface area contributed by atoms with Gasteiger partial charge in [-0.05, 0) is 183 Å². The number of ketones is 1. The van der Waals surface area contributed by atoms with E-state index >= 15 is 14.4 Å². The van der Waals surface area contributed by atoms with Crippen molar-refractivity contribution in [2.75, 3.05) is 26.4 Å². The summed E-state index contributed by atoms with van der Waals surface area (Å²) in [6.07, 6.45) is 21.9. The largest absolute Gasteiger partial charge is 0.469 e. The average molecular weight is 1160 g/mol. The number of aliphatic hydroxyl groups excluding tert-OH is 3. The number of benzene rings is 1. The number of rotatable bonds is 9. The average Bonchev–Trinajstić information content (AvgIpc) is 1.44. The van der Waals surface area contributed by atoms with E-state index in [1.807, 2.05) is 6.07 Å². The zero-order chi connectivity index (χ0) is 56.9. The van der Waals surface area contributed by atoms with Crippen molar-refractivity contribution in [2.24, 2.45) is 116 Å². The lowest BCUT2D eigenvalue weighted by Gasteiger charge is -2.73. The van der Waals surface area contributed by atoms with Gasteiger partial charge in [0, 0.05) is 53.7 Å². The van der Waals surface area contributed by atoms with Crippen LogP contribution in [0.4, 0.5) is 0 Å². The first-order valence-corrected chi connectivity index (χ1v) is 34.1. The summed E-state index contributed by atoms with van der Waals surface area (Å²) in [7, 11) is 0. The van der Waals surface area contributed by atoms with Crippen LogP contribution in [0.2, 0.25) is 0 Å². The number of carbonyl (C=O) groups excluding carboxylic acids is 3. The van der Waals surface area contributed by atoms with Crippen molar-refractivity contribution in [1.29, 1.82) is 0 Å². The van der Waals surface area contributed by atoms with Crippen LogP contribution in [0.15, 0.2) is 71.0 Å². The number of carbonyl (C=O) groups is 3. The minimum Gasteiger partial charge on any atom is -0.469 e. The predicted octanol–water partition coefficient (Wildman–Crippen LogP) is 8.83. The van der Waals surface area contributed by atoms with E-state index in [1.165, 1.54) is 11.1 Å². The second kappa shape index (κ2) is 17.8. The second-order valence-corrected chi connectivity index (χ2v) is 31.9. The van der Waals surface area contributed by atoms with Gasteiger partial charge in [0.25, 0.3) is 0 Å². The molecule has 13 nitrogen and oxygen atoms in total. The molecular weight excluding hydrogens is 1070 g/mol. The third kappa shape index (κ3) is 6.11. The Balaban J connectivity index is 0.817. The van der Waals surface area contributed by atoms with Crippen LogP contribution in [0.3, 0.4) is 0 Å². The van der Waals surface area contributed by atoms with E-state index in [2.05, 4.69) is 77.7 Å². The topological polar surface area (TPSA) is 181 Å². The van der Waals surface area contributed by atoms with Gasteiger partial charge in [0.1, 0.15) is 35.8 Å². The third-order valence-corrected chi connectivity index (χ3v) is 29.6. The van der Waals surface area contributed by atoms with Crippen molar-refractivity contribution < 1.29 is 53.1 Å². The summed E-state index contributed by atoms with van der Waals surface area (Å²) < 4.78 is 37.3. The van der Waals surface area contributed by atoms with Crippen molar-refractivity contribution in [3.8, 4) is 11.8 Å². The molecule has 85 heavy (non-hydrogen) atoms. The maximum Gasteiger partial charge on any atom is 0.339 e. The first-order chi connectivity index (χ1) is 41.4. The fourth-order valence-corrected chi connectivity index (χ4v) is 27.4. The molecule has 28 atom stereocenters. The van der Waals surface area contributed by atoms with Crippen LogP contribution in [0.1, 0.15) is 145 Å². The lowest BCUT2D eigenvalue weighted by molar-refractivity contribution is -0.301. The van der Waals surface area contributed by atoms with Gasteiger partial charge in [0.2, 0.25) is 0 Å². The van der Waals surface area contributed by atoms with E-state index in [0.717, 1.165) is 128 Å². The van der Waals surface area contributed by atoms with Crippen molar-refractivity contribution in [2.45, 2.75) is 183 Å². The number of furan rings is 1. The highest BCUT2D eigenvalue weighted by Gasteiger charge is 2.99. The maximum absolute atomic E-state index is 17.7. The van der Waals surface area contributed by atoms with Gasteiger partial charge in [-0.25, -0.2) is 4.79 Å². The minimum absolute atomic E-state index is 0.0588. The highest BCUT2D eigenvalue weighted by Crippen LogP contribution is 2.91. The Kier molecular flexibility index (Phi) is 11.0. The molecule has 0 unspecified atom stereocenters. The Hall–Kier alpha value is -4.29. The molecule has 17 aliphatic rings. The second-order valence-electron chi connectivity index (χ2n) is 31.9. The molecule has 0 radical (unpaired) electrons. The van der Waals surface area contributed by atoms with Gasteiger partial charge in [-0.2, -0.15) is 0 Å². The van der Waals surface area contributed by atoms with Gasteiger partial charge < -0.3 is 43.6 Å². The Morgan fingerprint density at radius 2 is 1.78 bits per heavy atom. The van der Waals surface area contributed by atoms with Crippen LogP contribution in [-0.2, 0) is 46.2 Å². The predicted molar refractivity (Wildman–Crippen MR) is 308 cm³/mol. The molecule has 4 N–H and O–H groups in total. The number of allylic oxidation sites excluding steroid dienone is 1. The van der Waals surface area contributed by atoms with Gasteiger partial charge in [-0.15, -0.1) is 5.92 Å². The van der Waals surface area contributed by atoms with Gasteiger partial charge in [0.05, 0.1) is 48.5 Å². The Morgan fingerprint density at radius 3 is 2.66 bits per heavy atom. The molecule has 19 rings (SSSR count).